The summed E-state index contributed by atoms with van der Waals surface area (Å²) in [5.41, 5.74) is 2.21. The van der Waals surface area contributed by atoms with Gasteiger partial charge in [-0.3, -0.25) is 4.79 Å². The molecule has 0 aliphatic carbocycles. The molecule has 132 valence electrons. The van der Waals surface area contributed by atoms with Crippen LogP contribution in [0.4, 0.5) is 0 Å². The lowest BCUT2D eigenvalue weighted by Crippen LogP contribution is -2.28. The van der Waals surface area contributed by atoms with Crippen molar-refractivity contribution in [3.8, 4) is 11.5 Å². The zero-order chi connectivity index (χ0) is 18.1. The number of hydrogen-bond donors (Lipinski definition) is 0. The third-order valence-electron chi connectivity index (χ3n) is 4.57. The molecule has 1 aliphatic rings. The number of aryl methyl sites for hydroxylation is 2. The second-order valence-electron chi connectivity index (χ2n) is 6.48. The predicted octanol–water partition coefficient (Wildman–Crippen LogP) is 1.61. The smallest absolute Gasteiger partial charge is 0.257 e. The highest BCUT2D eigenvalue weighted by Gasteiger charge is 2.30. The molecule has 1 amide bonds. The van der Waals surface area contributed by atoms with Crippen LogP contribution in [-0.4, -0.2) is 53.4 Å². The molecule has 8 heteroatoms. The van der Waals surface area contributed by atoms with Gasteiger partial charge in [-0.2, -0.15) is 0 Å². The SMILES string of the molecule is Cc1cc(-c2nccn2C)nc([C@H]2CCN(C(=O)c3cncnc3)C2)n1. The Labute approximate surface area is 151 Å². The monoisotopic (exact) mass is 349 g/mol. The molecule has 0 saturated carbocycles. The number of amides is 1. The summed E-state index contributed by atoms with van der Waals surface area (Å²) in [5, 5.41) is 0. The van der Waals surface area contributed by atoms with E-state index in [0.717, 1.165) is 29.5 Å². The predicted molar refractivity (Wildman–Crippen MR) is 94.3 cm³/mol. The van der Waals surface area contributed by atoms with E-state index in [1.54, 1.807) is 18.6 Å². The van der Waals surface area contributed by atoms with E-state index < -0.39 is 0 Å². The Morgan fingerprint density at radius 2 is 2.04 bits per heavy atom. The fraction of sp³-hybridized carbons (Fsp3) is 0.333. The molecule has 1 saturated heterocycles. The fourth-order valence-electron chi connectivity index (χ4n) is 3.25. The maximum Gasteiger partial charge on any atom is 0.257 e. The Kier molecular flexibility index (Phi) is 4.16. The van der Waals surface area contributed by atoms with Crippen LogP contribution in [0.2, 0.25) is 0 Å². The van der Waals surface area contributed by atoms with Crippen LogP contribution in [0.5, 0.6) is 0 Å². The van der Waals surface area contributed by atoms with Gasteiger partial charge in [0.15, 0.2) is 5.82 Å². The molecule has 1 atom stereocenters. The molecule has 4 heterocycles. The Morgan fingerprint density at radius 1 is 1.23 bits per heavy atom. The highest BCUT2D eigenvalue weighted by Crippen LogP contribution is 2.27. The summed E-state index contributed by atoms with van der Waals surface area (Å²) >= 11 is 0. The Morgan fingerprint density at radius 3 is 2.77 bits per heavy atom. The van der Waals surface area contributed by atoms with E-state index in [9.17, 15) is 4.79 Å². The number of carbonyl (C=O) groups is 1. The van der Waals surface area contributed by atoms with Gasteiger partial charge in [-0.15, -0.1) is 0 Å². The van der Waals surface area contributed by atoms with Gasteiger partial charge in [0.25, 0.3) is 5.91 Å². The molecular formula is C18H19N7O. The van der Waals surface area contributed by atoms with E-state index in [1.807, 2.05) is 35.7 Å². The molecular weight excluding hydrogens is 330 g/mol. The summed E-state index contributed by atoms with van der Waals surface area (Å²) in [4.78, 5) is 36.0. The number of likely N-dealkylation sites (tertiary alicyclic amines) is 1. The van der Waals surface area contributed by atoms with Crippen LogP contribution in [0.15, 0.2) is 37.2 Å². The number of hydrogen-bond acceptors (Lipinski definition) is 6. The van der Waals surface area contributed by atoms with Crippen molar-refractivity contribution < 1.29 is 4.79 Å². The molecule has 0 radical (unpaired) electrons. The van der Waals surface area contributed by atoms with Crippen molar-refractivity contribution in [3.63, 3.8) is 0 Å². The van der Waals surface area contributed by atoms with Crippen molar-refractivity contribution in [3.05, 3.63) is 54.3 Å². The number of rotatable bonds is 3. The molecule has 8 nitrogen and oxygen atoms in total. The minimum absolute atomic E-state index is 0.0509. The van der Waals surface area contributed by atoms with Crippen LogP contribution in [0.1, 0.15) is 34.2 Å². The minimum Gasteiger partial charge on any atom is -0.338 e. The lowest BCUT2D eigenvalue weighted by Gasteiger charge is -2.16. The topological polar surface area (TPSA) is 89.7 Å². The second-order valence-corrected chi connectivity index (χ2v) is 6.48. The summed E-state index contributed by atoms with van der Waals surface area (Å²) in [7, 11) is 1.94. The van der Waals surface area contributed by atoms with Gasteiger partial charge in [-0.1, -0.05) is 0 Å². The van der Waals surface area contributed by atoms with Crippen LogP contribution >= 0.6 is 0 Å². The van der Waals surface area contributed by atoms with Crippen LogP contribution in [0.3, 0.4) is 0 Å². The molecule has 0 spiro atoms. The van der Waals surface area contributed by atoms with E-state index in [2.05, 4.69) is 19.9 Å². The van der Waals surface area contributed by atoms with E-state index in [1.165, 1.54) is 6.33 Å². The first-order valence-electron chi connectivity index (χ1n) is 8.49. The zero-order valence-electron chi connectivity index (χ0n) is 14.7. The van der Waals surface area contributed by atoms with E-state index >= 15 is 0 Å². The van der Waals surface area contributed by atoms with Gasteiger partial charge < -0.3 is 9.47 Å². The fourth-order valence-corrected chi connectivity index (χ4v) is 3.25. The third-order valence-corrected chi connectivity index (χ3v) is 4.57. The van der Waals surface area contributed by atoms with Crippen LogP contribution in [0.25, 0.3) is 11.5 Å². The third kappa shape index (κ3) is 3.05. The summed E-state index contributed by atoms with van der Waals surface area (Å²) in [6.07, 6.45) is 9.00. The normalized spacial score (nSPS) is 16.8. The molecule has 0 N–H and O–H groups in total. The zero-order valence-corrected chi connectivity index (χ0v) is 14.7. The maximum absolute atomic E-state index is 12.6. The second kappa shape index (κ2) is 6.62. The van der Waals surface area contributed by atoms with Gasteiger partial charge in [0.05, 0.1) is 5.56 Å². The van der Waals surface area contributed by atoms with Gasteiger partial charge in [-0.25, -0.2) is 24.9 Å². The van der Waals surface area contributed by atoms with Crippen molar-refractivity contribution in [1.82, 2.24) is 34.4 Å². The molecule has 4 rings (SSSR count). The molecule has 0 unspecified atom stereocenters. The summed E-state index contributed by atoms with van der Waals surface area (Å²) in [6, 6.07) is 1.94. The average Bonchev–Trinajstić information content (AvgIpc) is 3.30. The first-order chi connectivity index (χ1) is 12.6. The van der Waals surface area contributed by atoms with Crippen LogP contribution in [-0.2, 0) is 7.05 Å². The van der Waals surface area contributed by atoms with Crippen molar-refractivity contribution in [2.75, 3.05) is 13.1 Å². The van der Waals surface area contributed by atoms with Gasteiger partial charge in [0.1, 0.15) is 17.8 Å². The van der Waals surface area contributed by atoms with Gasteiger partial charge in [-0.05, 0) is 19.4 Å². The first-order valence-corrected chi connectivity index (χ1v) is 8.49. The first kappa shape index (κ1) is 16.3. The Balaban J connectivity index is 1.57. The van der Waals surface area contributed by atoms with Crippen molar-refractivity contribution >= 4 is 5.91 Å². The van der Waals surface area contributed by atoms with Crippen LogP contribution in [0, 0.1) is 6.92 Å². The largest absolute Gasteiger partial charge is 0.338 e. The van der Waals surface area contributed by atoms with Gasteiger partial charge in [0.2, 0.25) is 0 Å². The van der Waals surface area contributed by atoms with E-state index in [-0.39, 0.29) is 11.8 Å². The van der Waals surface area contributed by atoms with Crippen molar-refractivity contribution in [1.29, 1.82) is 0 Å². The van der Waals surface area contributed by atoms with Crippen molar-refractivity contribution in [2.45, 2.75) is 19.3 Å². The number of imidazole rings is 1. The Hall–Kier alpha value is -3.16. The number of nitrogens with zero attached hydrogens (tertiary/aromatic N) is 7. The summed E-state index contributed by atoms with van der Waals surface area (Å²) in [6.45, 7) is 3.22. The van der Waals surface area contributed by atoms with Gasteiger partial charge >= 0.3 is 0 Å². The average molecular weight is 349 g/mol. The number of carbonyl (C=O) groups excluding carboxylic acids is 1. The summed E-state index contributed by atoms with van der Waals surface area (Å²) < 4.78 is 1.94. The van der Waals surface area contributed by atoms with E-state index in [4.69, 9.17) is 4.98 Å². The quantitative estimate of drug-likeness (QED) is 0.713. The van der Waals surface area contributed by atoms with E-state index in [0.29, 0.717) is 18.7 Å². The molecule has 0 bridgehead atoms. The summed E-state index contributed by atoms with van der Waals surface area (Å²) in [5.74, 6) is 1.64. The lowest BCUT2D eigenvalue weighted by atomic mass is 10.1. The standard InChI is InChI=1S/C18H19N7O/c1-12-7-15(17-21-4-6-24(17)2)23-16(22-12)13-3-5-25(10-13)18(26)14-8-19-11-20-9-14/h4,6-9,11,13H,3,5,10H2,1-2H3/t13-/m0/s1. The highest BCUT2D eigenvalue weighted by atomic mass is 16.2. The van der Waals surface area contributed by atoms with Crippen molar-refractivity contribution in [2.24, 2.45) is 7.05 Å². The molecule has 3 aromatic heterocycles. The van der Waals surface area contributed by atoms with Gasteiger partial charge in [0, 0.05) is 56.5 Å². The minimum atomic E-state index is -0.0509. The molecule has 26 heavy (non-hydrogen) atoms. The lowest BCUT2D eigenvalue weighted by molar-refractivity contribution is 0.0789. The highest BCUT2D eigenvalue weighted by molar-refractivity contribution is 5.93. The van der Waals surface area contributed by atoms with Crippen LogP contribution < -0.4 is 0 Å². The molecule has 3 aromatic rings. The molecule has 0 aromatic carbocycles. The molecule has 1 aliphatic heterocycles. The Bertz CT molecular complexity index is 938. The number of aromatic nitrogens is 6. The molecule has 1 fully saturated rings. The maximum atomic E-state index is 12.6.